The molecule has 0 atom stereocenters. The summed E-state index contributed by atoms with van der Waals surface area (Å²) < 4.78 is 28.0. The van der Waals surface area contributed by atoms with E-state index in [2.05, 4.69) is 15.9 Å². The van der Waals surface area contributed by atoms with Gasteiger partial charge in [-0.25, -0.2) is 8.42 Å². The second-order valence-electron chi connectivity index (χ2n) is 6.01. The standard InChI is InChI=1S/C15H23BrClNO2S/c1-11(2)9-18(10-12(3)4)21(19,20)15-7-13(8-17)5-6-14(15)16/h5-7,11-12H,8-10H2,1-4H3. The van der Waals surface area contributed by atoms with Crippen molar-refractivity contribution < 1.29 is 8.42 Å². The highest BCUT2D eigenvalue weighted by Crippen LogP contribution is 2.28. The number of alkyl halides is 1. The van der Waals surface area contributed by atoms with Crippen molar-refractivity contribution in [2.24, 2.45) is 11.8 Å². The first kappa shape index (κ1) is 18.9. The second-order valence-corrected chi connectivity index (χ2v) is 9.04. The molecule has 0 aromatic heterocycles. The van der Waals surface area contributed by atoms with Crippen LogP contribution in [0, 0.1) is 11.8 Å². The Morgan fingerprint density at radius 1 is 1.14 bits per heavy atom. The predicted octanol–water partition coefficient (Wildman–Crippen LogP) is 4.49. The molecule has 0 N–H and O–H groups in total. The molecule has 0 heterocycles. The van der Waals surface area contributed by atoms with E-state index in [1.54, 1.807) is 16.4 Å². The van der Waals surface area contributed by atoms with Crippen LogP contribution in [0.3, 0.4) is 0 Å². The Kier molecular flexibility index (Phi) is 7.17. The van der Waals surface area contributed by atoms with Gasteiger partial charge >= 0.3 is 0 Å². The minimum absolute atomic E-state index is 0.272. The summed E-state index contributed by atoms with van der Waals surface area (Å²) in [6.07, 6.45) is 0. The molecule has 120 valence electrons. The van der Waals surface area contributed by atoms with Crippen LogP contribution in [0.4, 0.5) is 0 Å². The van der Waals surface area contributed by atoms with Gasteiger partial charge in [-0.2, -0.15) is 4.31 Å². The SMILES string of the molecule is CC(C)CN(CC(C)C)S(=O)(=O)c1cc(CCl)ccc1Br. The van der Waals surface area contributed by atoms with Crippen molar-refractivity contribution in [3.05, 3.63) is 28.2 Å². The van der Waals surface area contributed by atoms with E-state index >= 15 is 0 Å². The summed E-state index contributed by atoms with van der Waals surface area (Å²) in [5, 5.41) is 0. The summed E-state index contributed by atoms with van der Waals surface area (Å²) in [5.41, 5.74) is 0.799. The molecule has 0 unspecified atom stereocenters. The summed E-state index contributed by atoms with van der Waals surface area (Å²) in [5.74, 6) is 0.839. The molecule has 6 heteroatoms. The van der Waals surface area contributed by atoms with Crippen LogP contribution in [0.5, 0.6) is 0 Å². The van der Waals surface area contributed by atoms with Crippen LogP contribution in [0.15, 0.2) is 27.6 Å². The third-order valence-corrected chi connectivity index (χ3v) is 6.04. The number of rotatable bonds is 7. The van der Waals surface area contributed by atoms with Crippen molar-refractivity contribution in [3.63, 3.8) is 0 Å². The molecular weight excluding hydrogens is 374 g/mol. The topological polar surface area (TPSA) is 37.4 Å². The summed E-state index contributed by atoms with van der Waals surface area (Å²) in [6, 6.07) is 5.22. The van der Waals surface area contributed by atoms with Gasteiger partial charge in [-0.3, -0.25) is 0 Å². The van der Waals surface area contributed by atoms with Gasteiger partial charge in [-0.15, -0.1) is 11.6 Å². The van der Waals surface area contributed by atoms with Gasteiger partial charge in [-0.05, 0) is 45.5 Å². The van der Waals surface area contributed by atoms with Crippen molar-refractivity contribution >= 4 is 37.6 Å². The zero-order chi connectivity index (χ0) is 16.2. The Morgan fingerprint density at radius 3 is 2.10 bits per heavy atom. The molecule has 0 aliphatic rings. The van der Waals surface area contributed by atoms with Crippen LogP contribution >= 0.6 is 27.5 Å². The molecule has 0 spiro atoms. The molecule has 0 saturated heterocycles. The molecule has 0 bridgehead atoms. The zero-order valence-corrected chi connectivity index (χ0v) is 16.1. The zero-order valence-electron chi connectivity index (χ0n) is 12.9. The Bertz CT molecular complexity index is 563. The first-order valence-electron chi connectivity index (χ1n) is 7.03. The molecule has 21 heavy (non-hydrogen) atoms. The molecule has 0 aliphatic carbocycles. The van der Waals surface area contributed by atoms with Crippen molar-refractivity contribution in [3.8, 4) is 0 Å². The van der Waals surface area contributed by atoms with Gasteiger partial charge in [0.25, 0.3) is 0 Å². The van der Waals surface area contributed by atoms with Crippen molar-refractivity contribution in [1.29, 1.82) is 0 Å². The lowest BCUT2D eigenvalue weighted by Crippen LogP contribution is -2.37. The van der Waals surface area contributed by atoms with E-state index in [1.165, 1.54) is 0 Å². The van der Waals surface area contributed by atoms with Gasteiger partial charge in [0.1, 0.15) is 0 Å². The maximum atomic E-state index is 12.9. The first-order chi connectivity index (χ1) is 9.68. The fourth-order valence-corrected chi connectivity index (χ4v) is 4.96. The third-order valence-electron chi connectivity index (χ3n) is 2.91. The van der Waals surface area contributed by atoms with E-state index in [-0.39, 0.29) is 11.8 Å². The van der Waals surface area contributed by atoms with Crippen LogP contribution in [0.1, 0.15) is 33.3 Å². The van der Waals surface area contributed by atoms with Gasteiger partial charge in [0.15, 0.2) is 0 Å². The van der Waals surface area contributed by atoms with Gasteiger partial charge in [0.05, 0.1) is 4.90 Å². The molecule has 0 aliphatic heterocycles. The van der Waals surface area contributed by atoms with Crippen LogP contribution in [0.2, 0.25) is 0 Å². The van der Waals surface area contributed by atoms with E-state index in [9.17, 15) is 8.42 Å². The lowest BCUT2D eigenvalue weighted by molar-refractivity contribution is 0.333. The number of sulfonamides is 1. The monoisotopic (exact) mass is 395 g/mol. The van der Waals surface area contributed by atoms with Gasteiger partial charge < -0.3 is 0 Å². The van der Waals surface area contributed by atoms with Crippen LogP contribution in [-0.2, 0) is 15.9 Å². The number of halogens is 2. The third kappa shape index (κ3) is 5.23. The fourth-order valence-electron chi connectivity index (χ4n) is 2.05. The summed E-state index contributed by atoms with van der Waals surface area (Å²) >= 11 is 9.17. The molecule has 0 fully saturated rings. The van der Waals surface area contributed by atoms with Crippen molar-refractivity contribution in [1.82, 2.24) is 4.31 Å². The molecule has 1 rings (SSSR count). The van der Waals surface area contributed by atoms with Crippen LogP contribution in [-0.4, -0.2) is 25.8 Å². The summed E-state index contributed by atoms with van der Waals surface area (Å²) in [6.45, 7) is 9.11. The Labute approximate surface area is 141 Å². The normalized spacial score (nSPS) is 12.6. The van der Waals surface area contributed by atoms with E-state index in [1.807, 2.05) is 33.8 Å². The van der Waals surface area contributed by atoms with Crippen LogP contribution < -0.4 is 0 Å². The summed E-state index contributed by atoms with van der Waals surface area (Å²) in [4.78, 5) is 0.293. The highest BCUT2D eigenvalue weighted by Gasteiger charge is 2.28. The molecule has 0 saturated carbocycles. The number of hydrogen-bond acceptors (Lipinski definition) is 2. The molecule has 3 nitrogen and oxygen atoms in total. The second kappa shape index (κ2) is 7.95. The highest BCUT2D eigenvalue weighted by atomic mass is 79.9. The molecule has 1 aromatic rings. The maximum Gasteiger partial charge on any atom is 0.244 e. The van der Waals surface area contributed by atoms with Gasteiger partial charge in [0.2, 0.25) is 10.0 Å². The number of hydrogen-bond donors (Lipinski definition) is 0. The Balaban J connectivity index is 3.27. The van der Waals surface area contributed by atoms with Crippen LogP contribution in [0.25, 0.3) is 0 Å². The minimum Gasteiger partial charge on any atom is -0.207 e. The lowest BCUT2D eigenvalue weighted by atomic mass is 10.2. The van der Waals surface area contributed by atoms with Crippen molar-refractivity contribution in [2.45, 2.75) is 38.5 Å². The average molecular weight is 397 g/mol. The highest BCUT2D eigenvalue weighted by molar-refractivity contribution is 9.10. The van der Waals surface area contributed by atoms with E-state index in [4.69, 9.17) is 11.6 Å². The Morgan fingerprint density at radius 2 is 1.67 bits per heavy atom. The molecule has 1 aromatic carbocycles. The van der Waals surface area contributed by atoms with E-state index in [0.29, 0.717) is 28.3 Å². The molecule has 0 amide bonds. The Hall–Kier alpha value is -0.100. The van der Waals surface area contributed by atoms with E-state index in [0.717, 1.165) is 5.56 Å². The molecule has 0 radical (unpaired) electrons. The maximum absolute atomic E-state index is 12.9. The predicted molar refractivity (Wildman–Crippen MR) is 92.1 cm³/mol. The average Bonchev–Trinajstić information content (AvgIpc) is 2.37. The number of nitrogens with zero attached hydrogens (tertiary/aromatic N) is 1. The van der Waals surface area contributed by atoms with E-state index < -0.39 is 10.0 Å². The van der Waals surface area contributed by atoms with Gasteiger partial charge in [-0.1, -0.05) is 33.8 Å². The van der Waals surface area contributed by atoms with Crippen molar-refractivity contribution in [2.75, 3.05) is 13.1 Å². The smallest absolute Gasteiger partial charge is 0.207 e. The quantitative estimate of drug-likeness (QED) is 0.637. The fraction of sp³-hybridized carbons (Fsp3) is 0.600. The largest absolute Gasteiger partial charge is 0.244 e. The van der Waals surface area contributed by atoms with Gasteiger partial charge in [0, 0.05) is 23.4 Å². The summed E-state index contributed by atoms with van der Waals surface area (Å²) in [7, 11) is -3.53. The first-order valence-corrected chi connectivity index (χ1v) is 9.79. The number of benzene rings is 1. The minimum atomic E-state index is -3.53. The molecular formula is C15H23BrClNO2S. The lowest BCUT2D eigenvalue weighted by Gasteiger charge is -2.26.